The first-order chi connectivity index (χ1) is 13.6. The number of hydrogen-bond acceptors (Lipinski definition) is 4. The normalized spacial score (nSPS) is 13.0. The highest BCUT2D eigenvalue weighted by Crippen LogP contribution is 2.38. The smallest absolute Gasteiger partial charge is 0.496 e. The fourth-order valence-electron chi connectivity index (χ4n) is 3.25. The van der Waals surface area contributed by atoms with Crippen LogP contribution in [0.4, 0.5) is 13.2 Å². The Balaban J connectivity index is 2.10. The highest BCUT2D eigenvalue weighted by Gasteiger charge is 2.31. The molecule has 5 nitrogen and oxygen atoms in total. The van der Waals surface area contributed by atoms with Crippen LogP contribution in [0.1, 0.15) is 18.5 Å². The van der Waals surface area contributed by atoms with Gasteiger partial charge in [0.2, 0.25) is 0 Å². The molecule has 0 aliphatic carbocycles. The van der Waals surface area contributed by atoms with Gasteiger partial charge in [-0.25, -0.2) is 4.98 Å². The van der Waals surface area contributed by atoms with Crippen molar-refractivity contribution in [2.24, 2.45) is 0 Å². The predicted molar refractivity (Wildman–Crippen MR) is 107 cm³/mol. The molecule has 9 heteroatoms. The molecule has 0 saturated carbocycles. The van der Waals surface area contributed by atoms with Gasteiger partial charge < -0.3 is 18.8 Å². The molecule has 29 heavy (non-hydrogen) atoms. The Morgan fingerprint density at radius 3 is 2.55 bits per heavy atom. The monoisotopic (exact) mass is 472 g/mol. The fourth-order valence-corrected chi connectivity index (χ4v) is 3.76. The summed E-state index contributed by atoms with van der Waals surface area (Å²) in [6, 6.07) is 6.06. The summed E-state index contributed by atoms with van der Waals surface area (Å²) in [6.45, 7) is 4.49. The van der Waals surface area contributed by atoms with E-state index in [1.165, 1.54) is 25.3 Å². The molecule has 0 amide bonds. The molecule has 0 fully saturated rings. The summed E-state index contributed by atoms with van der Waals surface area (Å²) in [4.78, 5) is 4.77. The van der Waals surface area contributed by atoms with Gasteiger partial charge in [0.15, 0.2) is 0 Å². The Kier molecular flexibility index (Phi) is 6.09. The number of rotatable bonds is 6. The Morgan fingerprint density at radius 2 is 1.93 bits per heavy atom. The van der Waals surface area contributed by atoms with Crippen LogP contribution in [0.3, 0.4) is 0 Å². The van der Waals surface area contributed by atoms with Crippen LogP contribution in [0.5, 0.6) is 11.5 Å². The van der Waals surface area contributed by atoms with E-state index in [2.05, 4.69) is 25.2 Å². The van der Waals surface area contributed by atoms with Crippen LogP contribution in [0.25, 0.3) is 22.3 Å². The maximum atomic E-state index is 12.5. The molecule has 1 unspecified atom stereocenters. The number of methoxy groups -OCH3 is 2. The summed E-state index contributed by atoms with van der Waals surface area (Å²) in [7, 11) is 3.04. The Morgan fingerprint density at radius 1 is 1.21 bits per heavy atom. The van der Waals surface area contributed by atoms with Gasteiger partial charge in [-0.05, 0) is 53.5 Å². The standard InChI is InChI=1S/C20H20BrF3N2O3/c1-11-7-16-19(15(21)9-26(16)12(2)10-27-3)25-18(11)14-6-5-13(8-17(14)28-4)29-20(22,23)24/h5-9,12H,10H2,1-4H3. The fraction of sp³-hybridized carbons (Fsp3) is 0.350. The van der Waals surface area contributed by atoms with Crippen LogP contribution in [-0.4, -0.2) is 36.7 Å². The zero-order valence-corrected chi connectivity index (χ0v) is 17.9. The van der Waals surface area contributed by atoms with Crippen LogP contribution in [0.15, 0.2) is 34.9 Å². The van der Waals surface area contributed by atoms with E-state index in [0.29, 0.717) is 17.9 Å². The first-order valence-electron chi connectivity index (χ1n) is 8.75. The zero-order chi connectivity index (χ0) is 21.3. The molecule has 0 aliphatic heterocycles. The lowest BCUT2D eigenvalue weighted by atomic mass is 10.0. The Bertz CT molecular complexity index is 1030. The largest absolute Gasteiger partial charge is 0.573 e. The molecule has 156 valence electrons. The van der Waals surface area contributed by atoms with Gasteiger partial charge in [0.25, 0.3) is 0 Å². The third-order valence-corrected chi connectivity index (χ3v) is 5.07. The number of benzene rings is 1. The van der Waals surface area contributed by atoms with E-state index in [4.69, 9.17) is 14.5 Å². The van der Waals surface area contributed by atoms with Crippen LogP contribution in [0, 0.1) is 6.92 Å². The topological polar surface area (TPSA) is 45.5 Å². The molecule has 0 spiro atoms. The van der Waals surface area contributed by atoms with Crippen molar-refractivity contribution in [3.8, 4) is 22.8 Å². The van der Waals surface area contributed by atoms with Gasteiger partial charge in [0.05, 0.1) is 35.4 Å². The van der Waals surface area contributed by atoms with Crippen molar-refractivity contribution in [3.63, 3.8) is 0 Å². The van der Waals surface area contributed by atoms with Gasteiger partial charge in [-0.2, -0.15) is 0 Å². The first kappa shape index (κ1) is 21.4. The van der Waals surface area contributed by atoms with Gasteiger partial charge in [0, 0.05) is 24.9 Å². The van der Waals surface area contributed by atoms with Crippen molar-refractivity contribution in [2.45, 2.75) is 26.3 Å². The van der Waals surface area contributed by atoms with Crippen molar-refractivity contribution in [3.05, 3.63) is 40.5 Å². The first-order valence-corrected chi connectivity index (χ1v) is 9.54. The quantitative estimate of drug-likeness (QED) is 0.448. The molecule has 3 rings (SSSR count). The third-order valence-electron chi connectivity index (χ3n) is 4.49. The highest BCUT2D eigenvalue weighted by atomic mass is 79.9. The van der Waals surface area contributed by atoms with Crippen LogP contribution >= 0.6 is 15.9 Å². The minimum Gasteiger partial charge on any atom is -0.496 e. The van der Waals surface area contributed by atoms with Crippen LogP contribution in [0.2, 0.25) is 0 Å². The molecule has 1 aromatic carbocycles. The second-order valence-corrected chi connectivity index (χ2v) is 7.47. The summed E-state index contributed by atoms with van der Waals surface area (Å²) >= 11 is 3.55. The van der Waals surface area contributed by atoms with Gasteiger partial charge >= 0.3 is 6.36 Å². The summed E-state index contributed by atoms with van der Waals surface area (Å²) in [6.07, 6.45) is -2.83. The molecule has 2 heterocycles. The molecule has 1 atom stereocenters. The van der Waals surface area contributed by atoms with Crippen molar-refractivity contribution >= 4 is 27.0 Å². The minimum absolute atomic E-state index is 0.106. The van der Waals surface area contributed by atoms with Crippen molar-refractivity contribution in [1.29, 1.82) is 0 Å². The zero-order valence-electron chi connectivity index (χ0n) is 16.3. The lowest BCUT2D eigenvalue weighted by Crippen LogP contribution is -2.17. The van der Waals surface area contributed by atoms with Gasteiger partial charge in [-0.3, -0.25) is 0 Å². The number of hydrogen-bond donors (Lipinski definition) is 0. The lowest BCUT2D eigenvalue weighted by Gasteiger charge is -2.16. The van der Waals surface area contributed by atoms with Gasteiger partial charge in [-0.15, -0.1) is 13.2 Å². The predicted octanol–water partition coefficient (Wildman–Crippen LogP) is 5.89. The lowest BCUT2D eigenvalue weighted by molar-refractivity contribution is -0.274. The van der Waals surface area contributed by atoms with E-state index < -0.39 is 6.36 Å². The number of aryl methyl sites for hydroxylation is 1. The molecular formula is C20H20BrF3N2O3. The van der Waals surface area contributed by atoms with Crippen LogP contribution < -0.4 is 9.47 Å². The number of ether oxygens (including phenoxy) is 3. The minimum atomic E-state index is -4.77. The van der Waals surface area contributed by atoms with E-state index in [9.17, 15) is 13.2 Å². The van der Waals surface area contributed by atoms with Gasteiger partial charge in [-0.1, -0.05) is 0 Å². The number of fused-ring (bicyclic) bond motifs is 1. The molecule has 2 aromatic heterocycles. The Hall–Kier alpha value is -2.26. The average molecular weight is 473 g/mol. The van der Waals surface area contributed by atoms with Crippen molar-refractivity contribution in [2.75, 3.05) is 20.8 Å². The van der Waals surface area contributed by atoms with Crippen molar-refractivity contribution < 1.29 is 27.4 Å². The number of aromatic nitrogens is 2. The van der Waals surface area contributed by atoms with E-state index in [-0.39, 0.29) is 17.5 Å². The molecule has 3 aromatic rings. The Labute approximate surface area is 174 Å². The third kappa shape index (κ3) is 4.51. The molecule has 0 aliphatic rings. The van der Waals surface area contributed by atoms with E-state index in [1.54, 1.807) is 7.11 Å². The molecule has 0 radical (unpaired) electrons. The second kappa shape index (κ2) is 8.23. The summed E-state index contributed by atoms with van der Waals surface area (Å²) in [5.74, 6) is -0.109. The molecule has 0 bridgehead atoms. The SMILES string of the molecule is COCC(C)n1cc(Br)c2nc(-c3ccc(OC(F)(F)F)cc3OC)c(C)cc21. The van der Waals surface area contributed by atoms with E-state index in [0.717, 1.165) is 21.1 Å². The number of nitrogens with zero attached hydrogens (tertiary/aromatic N) is 2. The summed E-state index contributed by atoms with van der Waals surface area (Å²) < 4.78 is 55.0. The number of halogens is 4. The van der Waals surface area contributed by atoms with E-state index >= 15 is 0 Å². The molecule has 0 saturated heterocycles. The number of alkyl halides is 3. The maximum absolute atomic E-state index is 12.5. The summed E-state index contributed by atoms with van der Waals surface area (Å²) in [5, 5.41) is 0. The summed E-state index contributed by atoms with van der Waals surface area (Å²) in [5.41, 5.74) is 3.72. The van der Waals surface area contributed by atoms with Crippen LogP contribution in [-0.2, 0) is 4.74 Å². The maximum Gasteiger partial charge on any atom is 0.573 e. The van der Waals surface area contributed by atoms with Gasteiger partial charge in [0.1, 0.15) is 17.0 Å². The molecule has 0 N–H and O–H groups in total. The average Bonchev–Trinajstić information content (AvgIpc) is 2.96. The second-order valence-electron chi connectivity index (χ2n) is 6.62. The van der Waals surface area contributed by atoms with Crippen molar-refractivity contribution in [1.82, 2.24) is 9.55 Å². The number of pyridine rings is 1. The molecular weight excluding hydrogens is 453 g/mol. The van der Waals surface area contributed by atoms with E-state index in [1.807, 2.05) is 26.1 Å². The highest BCUT2D eigenvalue weighted by molar-refractivity contribution is 9.10.